The lowest BCUT2D eigenvalue weighted by Gasteiger charge is -2.45. The summed E-state index contributed by atoms with van der Waals surface area (Å²) in [5.74, 6) is 1.13. The second kappa shape index (κ2) is 7.11. The maximum Gasteiger partial charge on any atom is 0.306 e. The van der Waals surface area contributed by atoms with E-state index in [-0.39, 0.29) is 24.7 Å². The summed E-state index contributed by atoms with van der Waals surface area (Å²) in [6, 6.07) is 8.25. The van der Waals surface area contributed by atoms with E-state index in [1.807, 2.05) is 35.7 Å². The minimum Gasteiger partial charge on any atom is -0.459 e. The largest absolute Gasteiger partial charge is 0.459 e. The van der Waals surface area contributed by atoms with Crippen molar-refractivity contribution in [3.8, 4) is 11.5 Å². The van der Waals surface area contributed by atoms with Crippen LogP contribution in [0.4, 0.5) is 0 Å². The quantitative estimate of drug-likeness (QED) is 0.600. The van der Waals surface area contributed by atoms with Crippen LogP contribution in [0.2, 0.25) is 0 Å². The van der Waals surface area contributed by atoms with Gasteiger partial charge in [0.2, 0.25) is 6.79 Å². The molecule has 0 radical (unpaired) electrons. The van der Waals surface area contributed by atoms with Gasteiger partial charge >= 0.3 is 5.97 Å². The molecule has 156 valence electrons. The lowest BCUT2D eigenvalue weighted by Crippen LogP contribution is -2.51. The molecule has 1 aromatic heterocycles. The van der Waals surface area contributed by atoms with E-state index >= 15 is 0 Å². The Morgan fingerprint density at radius 2 is 2.17 bits per heavy atom. The normalized spacial score (nSPS) is 28.6. The predicted molar refractivity (Wildman–Crippen MR) is 111 cm³/mol. The van der Waals surface area contributed by atoms with Crippen molar-refractivity contribution in [2.45, 2.75) is 50.0 Å². The van der Waals surface area contributed by atoms with Gasteiger partial charge in [0.1, 0.15) is 12.2 Å². The van der Waals surface area contributed by atoms with E-state index in [0.717, 1.165) is 47.0 Å². The van der Waals surface area contributed by atoms with Gasteiger partial charge in [-0.3, -0.25) is 9.69 Å². The predicted octanol–water partition coefficient (Wildman–Crippen LogP) is 2.99. The lowest BCUT2D eigenvalue weighted by atomic mass is 9.73. The fourth-order valence-corrected chi connectivity index (χ4v) is 6.07. The summed E-state index contributed by atoms with van der Waals surface area (Å²) in [5, 5.41) is 12.9. The van der Waals surface area contributed by atoms with Gasteiger partial charge in [0, 0.05) is 29.9 Å². The van der Waals surface area contributed by atoms with Crippen molar-refractivity contribution in [3.63, 3.8) is 0 Å². The summed E-state index contributed by atoms with van der Waals surface area (Å²) in [7, 11) is 0. The van der Waals surface area contributed by atoms with E-state index in [1.165, 1.54) is 5.57 Å². The molecule has 0 saturated carbocycles. The van der Waals surface area contributed by atoms with Gasteiger partial charge in [-0.1, -0.05) is 17.7 Å². The summed E-state index contributed by atoms with van der Waals surface area (Å²) >= 11 is 1.64. The Hall–Kier alpha value is -2.35. The van der Waals surface area contributed by atoms with Gasteiger partial charge in [-0.05, 0) is 47.5 Å². The van der Waals surface area contributed by atoms with Crippen molar-refractivity contribution in [1.29, 1.82) is 0 Å². The number of nitrogens with zero attached hydrogens (tertiary/aromatic N) is 1. The van der Waals surface area contributed by atoms with Gasteiger partial charge in [-0.25, -0.2) is 0 Å². The summed E-state index contributed by atoms with van der Waals surface area (Å²) < 4.78 is 17.1. The molecule has 4 aliphatic rings. The molecule has 0 bridgehead atoms. The van der Waals surface area contributed by atoms with Crippen molar-refractivity contribution in [3.05, 3.63) is 57.3 Å². The highest BCUT2D eigenvalue weighted by molar-refractivity contribution is 7.09. The summed E-state index contributed by atoms with van der Waals surface area (Å²) in [4.78, 5) is 16.3. The number of aryl methyl sites for hydroxylation is 1. The first kappa shape index (κ1) is 18.4. The maximum atomic E-state index is 12.7. The number of aliphatic hydroxyl groups excluding tert-OH is 1. The Bertz CT molecular complexity index is 1020. The number of ether oxygens (including phenoxy) is 3. The molecule has 0 spiro atoms. The zero-order valence-corrected chi connectivity index (χ0v) is 17.3. The van der Waals surface area contributed by atoms with Crippen LogP contribution >= 0.6 is 11.3 Å². The van der Waals surface area contributed by atoms with E-state index < -0.39 is 12.2 Å². The summed E-state index contributed by atoms with van der Waals surface area (Å²) in [5.41, 5.74) is 3.51. The highest BCUT2D eigenvalue weighted by Gasteiger charge is 2.50. The number of benzene rings is 1. The molecule has 1 saturated heterocycles. The monoisotopic (exact) mass is 425 g/mol. The van der Waals surface area contributed by atoms with Gasteiger partial charge in [0.15, 0.2) is 11.5 Å². The van der Waals surface area contributed by atoms with Crippen LogP contribution in [-0.2, 0) is 22.5 Å². The van der Waals surface area contributed by atoms with Crippen molar-refractivity contribution < 1.29 is 24.1 Å². The zero-order chi connectivity index (χ0) is 20.2. The molecule has 1 N–H and O–H groups in total. The summed E-state index contributed by atoms with van der Waals surface area (Å²) in [6.07, 6.45) is 2.43. The number of aliphatic hydroxyl groups is 1. The molecule has 1 aromatic carbocycles. The average molecular weight is 426 g/mol. The number of rotatable bonds is 4. The van der Waals surface area contributed by atoms with E-state index in [4.69, 9.17) is 14.2 Å². The molecule has 30 heavy (non-hydrogen) atoms. The number of esters is 1. The number of carbonyl (C=O) groups excluding carboxylic acids is 1. The van der Waals surface area contributed by atoms with Crippen LogP contribution in [-0.4, -0.2) is 47.6 Å². The van der Waals surface area contributed by atoms with Crippen LogP contribution in [0, 0.1) is 0 Å². The van der Waals surface area contributed by atoms with Crippen LogP contribution in [0.15, 0.2) is 41.3 Å². The molecule has 2 aromatic rings. The second-order valence-electron chi connectivity index (χ2n) is 8.36. The molecule has 6 nitrogen and oxygen atoms in total. The molecule has 6 rings (SSSR count). The Morgan fingerprint density at radius 3 is 3.00 bits per heavy atom. The number of thiophene rings is 1. The highest BCUT2D eigenvalue weighted by Crippen LogP contribution is 2.50. The van der Waals surface area contributed by atoms with Crippen LogP contribution in [0.5, 0.6) is 11.5 Å². The Kier molecular flexibility index (Phi) is 4.37. The highest BCUT2D eigenvalue weighted by atomic mass is 32.1. The maximum absolute atomic E-state index is 12.7. The summed E-state index contributed by atoms with van der Waals surface area (Å²) in [6.45, 7) is 2.01. The second-order valence-corrected chi connectivity index (χ2v) is 9.39. The van der Waals surface area contributed by atoms with Gasteiger partial charge in [-0.2, -0.15) is 0 Å². The SMILES string of the molecule is O=C(CCc1cccs1)OC1C(O)C=C2CCN3Cc4cc5c(cc4C1C23)OCO5. The molecule has 0 amide bonds. The molecule has 1 aliphatic carbocycles. The van der Waals surface area contributed by atoms with Crippen LogP contribution in [0.1, 0.15) is 34.8 Å². The fraction of sp³-hybridized carbons (Fsp3) is 0.435. The first-order valence-corrected chi connectivity index (χ1v) is 11.3. The number of fused-ring (bicyclic) bond motifs is 3. The van der Waals surface area contributed by atoms with Gasteiger partial charge < -0.3 is 19.3 Å². The van der Waals surface area contributed by atoms with Crippen molar-refractivity contribution in [2.24, 2.45) is 0 Å². The van der Waals surface area contributed by atoms with E-state index in [1.54, 1.807) is 11.3 Å². The van der Waals surface area contributed by atoms with Crippen molar-refractivity contribution >= 4 is 17.3 Å². The fourth-order valence-electron chi connectivity index (χ4n) is 5.36. The molecule has 1 fully saturated rings. The molecular weight excluding hydrogens is 402 g/mol. The smallest absolute Gasteiger partial charge is 0.306 e. The van der Waals surface area contributed by atoms with Crippen molar-refractivity contribution in [1.82, 2.24) is 4.90 Å². The van der Waals surface area contributed by atoms with E-state index in [9.17, 15) is 9.90 Å². The van der Waals surface area contributed by atoms with E-state index in [0.29, 0.717) is 12.8 Å². The van der Waals surface area contributed by atoms with Crippen LogP contribution < -0.4 is 9.47 Å². The minimum absolute atomic E-state index is 0.105. The van der Waals surface area contributed by atoms with Gasteiger partial charge in [0.05, 0.1) is 6.42 Å². The van der Waals surface area contributed by atoms with Crippen LogP contribution in [0.3, 0.4) is 0 Å². The zero-order valence-electron chi connectivity index (χ0n) is 16.5. The lowest BCUT2D eigenvalue weighted by molar-refractivity contribution is -0.157. The molecule has 7 heteroatoms. The standard InChI is InChI=1S/C23H23NO5S/c25-17-8-13-5-6-24-11-14-9-18-19(28-12-27-18)10-16(14)21(22(13)24)23(17)29-20(26)4-3-15-2-1-7-30-15/h1-2,7-10,17,21-23,25H,3-6,11-12H2. The third kappa shape index (κ3) is 2.95. The minimum atomic E-state index is -0.803. The first-order valence-electron chi connectivity index (χ1n) is 10.4. The number of carbonyl (C=O) groups is 1. The third-order valence-electron chi connectivity index (χ3n) is 6.67. The van der Waals surface area contributed by atoms with Crippen LogP contribution in [0.25, 0.3) is 0 Å². The third-order valence-corrected chi connectivity index (χ3v) is 7.60. The van der Waals surface area contributed by atoms with Gasteiger partial charge in [0.25, 0.3) is 0 Å². The number of hydrogen-bond acceptors (Lipinski definition) is 7. The Balaban J connectivity index is 1.32. The Morgan fingerprint density at radius 1 is 1.30 bits per heavy atom. The van der Waals surface area contributed by atoms with Gasteiger partial charge in [-0.15, -0.1) is 11.3 Å². The Labute approximate surface area is 178 Å². The first-order chi connectivity index (χ1) is 14.7. The molecule has 4 heterocycles. The number of hydrogen-bond donors (Lipinski definition) is 1. The molecule has 3 aliphatic heterocycles. The average Bonchev–Trinajstić information content (AvgIpc) is 3.48. The van der Waals surface area contributed by atoms with E-state index in [2.05, 4.69) is 4.90 Å². The topological polar surface area (TPSA) is 68.2 Å². The molecule has 4 unspecified atom stereocenters. The molecular formula is C23H23NO5S. The van der Waals surface area contributed by atoms with Crippen molar-refractivity contribution in [2.75, 3.05) is 13.3 Å². The molecule has 4 atom stereocenters.